The van der Waals surface area contributed by atoms with Gasteiger partial charge in [0, 0.05) is 16.7 Å². The summed E-state index contributed by atoms with van der Waals surface area (Å²) in [5.41, 5.74) is 3.82. The Morgan fingerprint density at radius 2 is 2.10 bits per heavy atom. The van der Waals surface area contributed by atoms with Crippen molar-refractivity contribution >= 4 is 27.5 Å². The van der Waals surface area contributed by atoms with E-state index < -0.39 is 0 Å². The number of pyridine rings is 1. The third kappa shape index (κ3) is 4.39. The van der Waals surface area contributed by atoms with Gasteiger partial charge in [-0.3, -0.25) is 9.59 Å². The largest absolute Gasteiger partial charge is 0.306 e. The van der Waals surface area contributed by atoms with E-state index in [-0.39, 0.29) is 18.0 Å². The van der Waals surface area contributed by atoms with Crippen LogP contribution in [0.2, 0.25) is 0 Å². The van der Waals surface area contributed by atoms with Crippen LogP contribution in [0.3, 0.4) is 0 Å². The van der Waals surface area contributed by atoms with Gasteiger partial charge in [-0.2, -0.15) is 5.10 Å². The van der Waals surface area contributed by atoms with Crippen molar-refractivity contribution in [1.29, 1.82) is 0 Å². The molecule has 1 heterocycles. The fourth-order valence-electron chi connectivity index (χ4n) is 1.71. The first-order valence-electron chi connectivity index (χ1n) is 6.31. The van der Waals surface area contributed by atoms with Gasteiger partial charge in [0.1, 0.15) is 6.54 Å². The SMILES string of the molecule is C/C(=N/NC(=O)Cn1ccccc1=O)c1cccc(Br)c1. The van der Waals surface area contributed by atoms with E-state index >= 15 is 0 Å². The minimum absolute atomic E-state index is 0.0606. The van der Waals surface area contributed by atoms with Gasteiger partial charge in [0.25, 0.3) is 11.5 Å². The van der Waals surface area contributed by atoms with Crippen LogP contribution in [0.5, 0.6) is 0 Å². The quantitative estimate of drug-likeness (QED) is 0.680. The Labute approximate surface area is 130 Å². The maximum atomic E-state index is 11.8. The zero-order valence-electron chi connectivity index (χ0n) is 11.4. The molecular formula is C15H14BrN3O2. The molecule has 0 spiro atoms. The van der Waals surface area contributed by atoms with Crippen molar-refractivity contribution in [1.82, 2.24) is 9.99 Å². The normalized spacial score (nSPS) is 11.2. The Bertz CT molecular complexity index is 737. The Morgan fingerprint density at radius 3 is 2.81 bits per heavy atom. The second-order valence-electron chi connectivity index (χ2n) is 4.41. The van der Waals surface area contributed by atoms with Gasteiger partial charge in [-0.1, -0.05) is 34.1 Å². The highest BCUT2D eigenvalue weighted by Crippen LogP contribution is 2.12. The second kappa shape index (κ2) is 6.99. The molecule has 0 aliphatic heterocycles. The lowest BCUT2D eigenvalue weighted by Crippen LogP contribution is -2.29. The van der Waals surface area contributed by atoms with Crippen molar-refractivity contribution in [3.05, 3.63) is 69.1 Å². The summed E-state index contributed by atoms with van der Waals surface area (Å²) in [6, 6.07) is 12.4. The van der Waals surface area contributed by atoms with Gasteiger partial charge in [-0.25, -0.2) is 5.43 Å². The van der Waals surface area contributed by atoms with Crippen molar-refractivity contribution in [3.8, 4) is 0 Å². The molecule has 0 bridgehead atoms. The summed E-state index contributed by atoms with van der Waals surface area (Å²) in [7, 11) is 0. The monoisotopic (exact) mass is 347 g/mol. The molecule has 0 fully saturated rings. The molecule has 1 aromatic carbocycles. The molecule has 21 heavy (non-hydrogen) atoms. The van der Waals surface area contributed by atoms with Crippen molar-refractivity contribution < 1.29 is 4.79 Å². The van der Waals surface area contributed by atoms with Crippen LogP contribution >= 0.6 is 15.9 Å². The fourth-order valence-corrected chi connectivity index (χ4v) is 2.10. The van der Waals surface area contributed by atoms with E-state index in [0.717, 1.165) is 10.0 Å². The summed E-state index contributed by atoms with van der Waals surface area (Å²) in [5.74, 6) is -0.349. The number of hydrogen-bond acceptors (Lipinski definition) is 3. The number of halogens is 1. The van der Waals surface area contributed by atoms with E-state index in [4.69, 9.17) is 0 Å². The average molecular weight is 348 g/mol. The molecule has 2 rings (SSSR count). The van der Waals surface area contributed by atoms with Crippen molar-refractivity contribution in [2.45, 2.75) is 13.5 Å². The van der Waals surface area contributed by atoms with Crippen molar-refractivity contribution in [2.24, 2.45) is 5.10 Å². The molecule has 1 amide bonds. The van der Waals surface area contributed by atoms with Gasteiger partial charge < -0.3 is 4.57 Å². The van der Waals surface area contributed by atoms with Crippen LogP contribution in [-0.4, -0.2) is 16.2 Å². The predicted octanol–water partition coefficient (Wildman–Crippen LogP) is 2.15. The zero-order valence-corrected chi connectivity index (χ0v) is 13.0. The number of nitrogens with one attached hydrogen (secondary N) is 1. The topological polar surface area (TPSA) is 63.5 Å². The maximum Gasteiger partial charge on any atom is 0.260 e. The Balaban J connectivity index is 2.02. The molecule has 0 unspecified atom stereocenters. The highest BCUT2D eigenvalue weighted by molar-refractivity contribution is 9.10. The first-order chi connectivity index (χ1) is 10.1. The molecule has 2 aromatic rings. The highest BCUT2D eigenvalue weighted by atomic mass is 79.9. The van der Waals surface area contributed by atoms with Crippen LogP contribution in [0.1, 0.15) is 12.5 Å². The van der Waals surface area contributed by atoms with Crippen LogP contribution in [0.15, 0.2) is 63.0 Å². The highest BCUT2D eigenvalue weighted by Gasteiger charge is 2.03. The van der Waals surface area contributed by atoms with E-state index in [1.807, 2.05) is 24.3 Å². The number of rotatable bonds is 4. The standard InChI is InChI=1S/C15H14BrN3O2/c1-11(12-5-4-6-13(16)9-12)17-18-14(20)10-19-8-3-2-7-15(19)21/h2-9H,10H2,1H3,(H,18,20)/b17-11-. The van der Waals surface area contributed by atoms with Gasteiger partial charge in [0.2, 0.25) is 0 Å². The number of carbonyl (C=O) groups is 1. The molecule has 6 heteroatoms. The predicted molar refractivity (Wildman–Crippen MR) is 85.2 cm³/mol. The van der Waals surface area contributed by atoms with E-state index in [1.165, 1.54) is 10.6 Å². The van der Waals surface area contributed by atoms with Crippen LogP contribution in [-0.2, 0) is 11.3 Å². The Hall–Kier alpha value is -2.21. The maximum absolute atomic E-state index is 11.8. The van der Waals surface area contributed by atoms with Crippen LogP contribution in [0.25, 0.3) is 0 Å². The molecule has 1 aromatic heterocycles. The molecular weight excluding hydrogens is 334 g/mol. The number of hydrogen-bond donors (Lipinski definition) is 1. The van der Waals surface area contributed by atoms with Gasteiger partial charge in [0.05, 0.1) is 5.71 Å². The first kappa shape index (κ1) is 15.2. The average Bonchev–Trinajstić information content (AvgIpc) is 2.47. The third-order valence-corrected chi connectivity index (χ3v) is 3.30. The molecule has 0 aliphatic rings. The smallest absolute Gasteiger partial charge is 0.260 e. The van der Waals surface area contributed by atoms with Crippen LogP contribution < -0.4 is 11.0 Å². The van der Waals surface area contributed by atoms with E-state index in [2.05, 4.69) is 26.5 Å². The lowest BCUT2D eigenvalue weighted by atomic mass is 10.1. The Morgan fingerprint density at radius 1 is 1.29 bits per heavy atom. The molecule has 0 radical (unpaired) electrons. The van der Waals surface area contributed by atoms with Crippen LogP contribution in [0.4, 0.5) is 0 Å². The molecule has 0 aliphatic carbocycles. The molecule has 0 saturated carbocycles. The summed E-state index contributed by atoms with van der Waals surface area (Å²) < 4.78 is 2.26. The lowest BCUT2D eigenvalue weighted by molar-refractivity contribution is -0.121. The number of amides is 1. The number of nitrogens with zero attached hydrogens (tertiary/aromatic N) is 2. The third-order valence-electron chi connectivity index (χ3n) is 2.80. The zero-order chi connectivity index (χ0) is 15.2. The Kier molecular flexibility index (Phi) is 5.05. The number of benzene rings is 1. The molecule has 5 nitrogen and oxygen atoms in total. The van der Waals surface area contributed by atoms with Crippen molar-refractivity contribution in [2.75, 3.05) is 0 Å². The summed E-state index contributed by atoms with van der Waals surface area (Å²) in [6.07, 6.45) is 1.56. The number of carbonyl (C=O) groups excluding carboxylic acids is 1. The van der Waals surface area contributed by atoms with Gasteiger partial charge >= 0.3 is 0 Å². The van der Waals surface area contributed by atoms with Gasteiger partial charge in [-0.15, -0.1) is 0 Å². The van der Waals surface area contributed by atoms with E-state index in [1.54, 1.807) is 25.3 Å². The number of hydrazone groups is 1. The fraction of sp³-hybridized carbons (Fsp3) is 0.133. The minimum Gasteiger partial charge on any atom is -0.306 e. The van der Waals surface area contributed by atoms with Gasteiger partial charge in [-0.05, 0) is 30.7 Å². The molecule has 0 atom stereocenters. The minimum atomic E-state index is -0.349. The van der Waals surface area contributed by atoms with Crippen LogP contribution in [0, 0.1) is 0 Å². The van der Waals surface area contributed by atoms with E-state index in [0.29, 0.717) is 5.71 Å². The summed E-state index contributed by atoms with van der Waals surface area (Å²) >= 11 is 3.38. The molecule has 0 saturated heterocycles. The summed E-state index contributed by atoms with van der Waals surface area (Å²) in [5, 5.41) is 4.04. The van der Waals surface area contributed by atoms with E-state index in [9.17, 15) is 9.59 Å². The lowest BCUT2D eigenvalue weighted by Gasteiger charge is -2.05. The number of aromatic nitrogens is 1. The summed E-state index contributed by atoms with van der Waals surface area (Å²) in [4.78, 5) is 23.3. The van der Waals surface area contributed by atoms with Crippen molar-refractivity contribution in [3.63, 3.8) is 0 Å². The van der Waals surface area contributed by atoms with Gasteiger partial charge in [0.15, 0.2) is 0 Å². The second-order valence-corrected chi connectivity index (χ2v) is 5.32. The first-order valence-corrected chi connectivity index (χ1v) is 7.10. The molecule has 108 valence electrons. The molecule has 1 N–H and O–H groups in total. The summed E-state index contributed by atoms with van der Waals surface area (Å²) in [6.45, 7) is 1.74.